The number of anilines is 3. The standard InChI is InChI=1S/C28H41Cl2N9O3/c1-2-20-18-38(27-25(30)34-23(26(31)35-27)28(41)32-7-14-40)10-11-39(20)21-5-8-36(9-6-21)17-19-3-4-22(33-24(19)29)37-12-15-42-16-13-37/h3-4,20-21,40H,2,5-18H2,1H3,(H2,31,35)(H,32,41)/t20-/m0/s1. The van der Waals surface area contributed by atoms with Crippen LogP contribution in [0.1, 0.15) is 42.2 Å². The van der Waals surface area contributed by atoms with E-state index in [1.165, 1.54) is 0 Å². The van der Waals surface area contributed by atoms with Crippen molar-refractivity contribution in [1.82, 2.24) is 30.1 Å². The van der Waals surface area contributed by atoms with Gasteiger partial charge in [-0.2, -0.15) is 0 Å². The van der Waals surface area contributed by atoms with Crippen LogP contribution in [0.25, 0.3) is 0 Å². The predicted molar refractivity (Wildman–Crippen MR) is 164 cm³/mol. The molecule has 0 saturated carbocycles. The van der Waals surface area contributed by atoms with E-state index >= 15 is 0 Å². The highest BCUT2D eigenvalue weighted by Gasteiger charge is 2.34. The van der Waals surface area contributed by atoms with Gasteiger partial charge in [0.2, 0.25) is 0 Å². The second-order valence-electron chi connectivity index (χ2n) is 11.0. The monoisotopic (exact) mass is 621 g/mol. The summed E-state index contributed by atoms with van der Waals surface area (Å²) < 4.78 is 5.45. The Bertz CT molecular complexity index is 1230. The summed E-state index contributed by atoms with van der Waals surface area (Å²) >= 11 is 13.1. The number of hydrogen-bond donors (Lipinski definition) is 3. The summed E-state index contributed by atoms with van der Waals surface area (Å²) in [6.07, 6.45) is 3.19. The molecule has 0 aliphatic carbocycles. The summed E-state index contributed by atoms with van der Waals surface area (Å²) in [4.78, 5) is 35.1. The molecule has 0 aromatic carbocycles. The molecule has 0 radical (unpaired) electrons. The van der Waals surface area contributed by atoms with Crippen molar-refractivity contribution >= 4 is 46.6 Å². The number of amides is 1. The lowest BCUT2D eigenvalue weighted by Gasteiger charge is -2.47. The topological polar surface area (TPSA) is 136 Å². The van der Waals surface area contributed by atoms with Gasteiger partial charge in [0, 0.05) is 63.5 Å². The van der Waals surface area contributed by atoms with Gasteiger partial charge in [-0.1, -0.05) is 36.2 Å². The van der Waals surface area contributed by atoms with Crippen molar-refractivity contribution in [3.05, 3.63) is 33.7 Å². The Morgan fingerprint density at radius 2 is 1.81 bits per heavy atom. The normalized spacial score (nSPS) is 21.1. The van der Waals surface area contributed by atoms with Crippen molar-refractivity contribution in [3.8, 4) is 0 Å². The second kappa shape index (κ2) is 14.3. The van der Waals surface area contributed by atoms with Gasteiger partial charge >= 0.3 is 0 Å². The van der Waals surface area contributed by atoms with Crippen LogP contribution in [-0.2, 0) is 11.3 Å². The maximum absolute atomic E-state index is 12.3. The lowest BCUT2D eigenvalue weighted by molar-refractivity contribution is 0.0610. The fourth-order valence-electron chi connectivity index (χ4n) is 6.14. The van der Waals surface area contributed by atoms with E-state index in [1.807, 2.05) is 0 Å². The van der Waals surface area contributed by atoms with Crippen LogP contribution < -0.4 is 20.9 Å². The molecule has 3 aliphatic rings. The summed E-state index contributed by atoms with van der Waals surface area (Å²) in [6, 6.07) is 5.05. The first-order chi connectivity index (χ1) is 20.4. The van der Waals surface area contributed by atoms with E-state index < -0.39 is 5.91 Å². The SMILES string of the molecule is CC[C@H]1CN(c2nc(N)c(C(=O)NCCO)nc2Cl)CCN1C1CCN(Cc2ccc(N3CCOCC3)nc2Cl)CC1. The van der Waals surface area contributed by atoms with Gasteiger partial charge in [0.15, 0.2) is 22.5 Å². The van der Waals surface area contributed by atoms with Gasteiger partial charge in [-0.3, -0.25) is 14.6 Å². The molecule has 0 spiro atoms. The van der Waals surface area contributed by atoms with E-state index in [2.05, 4.69) is 58.9 Å². The average Bonchev–Trinajstić information content (AvgIpc) is 3.02. The molecule has 0 unspecified atom stereocenters. The Morgan fingerprint density at radius 3 is 2.50 bits per heavy atom. The van der Waals surface area contributed by atoms with Crippen LogP contribution >= 0.6 is 23.2 Å². The molecule has 3 fully saturated rings. The van der Waals surface area contributed by atoms with Crippen LogP contribution in [0.2, 0.25) is 10.3 Å². The molecule has 5 rings (SSSR count). The molecule has 1 atom stereocenters. The van der Waals surface area contributed by atoms with Gasteiger partial charge < -0.3 is 30.7 Å². The molecular formula is C28H41Cl2N9O3. The number of likely N-dealkylation sites (tertiary alicyclic amines) is 1. The van der Waals surface area contributed by atoms with E-state index in [-0.39, 0.29) is 29.8 Å². The van der Waals surface area contributed by atoms with Crippen LogP contribution in [0.5, 0.6) is 0 Å². The number of piperazine rings is 1. The largest absolute Gasteiger partial charge is 0.395 e. The quantitative estimate of drug-likeness (QED) is 0.354. The Labute approximate surface area is 257 Å². The third kappa shape index (κ3) is 7.17. The van der Waals surface area contributed by atoms with Crippen molar-refractivity contribution in [3.63, 3.8) is 0 Å². The molecule has 42 heavy (non-hydrogen) atoms. The number of carbonyl (C=O) groups is 1. The molecule has 0 bridgehead atoms. The highest BCUT2D eigenvalue weighted by molar-refractivity contribution is 6.32. The number of nitrogen functional groups attached to an aromatic ring is 1. The van der Waals surface area contributed by atoms with Crippen LogP contribution in [0.4, 0.5) is 17.5 Å². The van der Waals surface area contributed by atoms with E-state index in [4.69, 9.17) is 38.8 Å². The molecule has 14 heteroatoms. The van der Waals surface area contributed by atoms with E-state index in [9.17, 15) is 4.79 Å². The molecule has 3 aliphatic heterocycles. The zero-order valence-electron chi connectivity index (χ0n) is 24.1. The fraction of sp³-hybridized carbons (Fsp3) is 0.643. The van der Waals surface area contributed by atoms with Crippen LogP contribution in [0.3, 0.4) is 0 Å². The first-order valence-electron chi connectivity index (χ1n) is 14.8. The number of morpholine rings is 1. The summed E-state index contributed by atoms with van der Waals surface area (Å²) in [6.45, 7) is 10.5. The van der Waals surface area contributed by atoms with Crippen LogP contribution in [-0.4, -0.2) is 120 Å². The summed E-state index contributed by atoms with van der Waals surface area (Å²) in [7, 11) is 0. The molecule has 2 aromatic heterocycles. The fourth-order valence-corrected chi connectivity index (χ4v) is 6.59. The van der Waals surface area contributed by atoms with Gasteiger partial charge in [0.05, 0.1) is 19.8 Å². The number of halogens is 2. The summed E-state index contributed by atoms with van der Waals surface area (Å²) in [5.74, 6) is 0.947. The minimum absolute atomic E-state index is 0.0266. The van der Waals surface area contributed by atoms with Gasteiger partial charge in [-0.25, -0.2) is 15.0 Å². The second-order valence-corrected chi connectivity index (χ2v) is 11.7. The number of nitrogens with zero attached hydrogens (tertiary/aromatic N) is 7. The van der Waals surface area contributed by atoms with Gasteiger partial charge in [-0.05, 0) is 38.4 Å². The molecule has 1 amide bonds. The summed E-state index contributed by atoms with van der Waals surface area (Å²) in [5.41, 5.74) is 7.13. The average molecular weight is 623 g/mol. The molecule has 3 saturated heterocycles. The number of nitrogens with one attached hydrogen (secondary N) is 1. The number of nitrogens with two attached hydrogens (primary N) is 1. The summed E-state index contributed by atoms with van der Waals surface area (Å²) in [5, 5.41) is 12.2. The number of hydrogen-bond acceptors (Lipinski definition) is 11. The maximum Gasteiger partial charge on any atom is 0.273 e. The molecule has 230 valence electrons. The number of aliphatic hydroxyl groups is 1. The zero-order valence-corrected chi connectivity index (χ0v) is 25.7. The third-order valence-electron chi connectivity index (χ3n) is 8.44. The third-order valence-corrected chi connectivity index (χ3v) is 9.02. The smallest absolute Gasteiger partial charge is 0.273 e. The van der Waals surface area contributed by atoms with E-state index in [0.717, 1.165) is 96.2 Å². The van der Waals surface area contributed by atoms with Crippen LogP contribution in [0, 0.1) is 0 Å². The number of rotatable bonds is 9. The number of carbonyl (C=O) groups excluding carboxylic acids is 1. The van der Waals surface area contributed by atoms with E-state index in [1.54, 1.807) is 0 Å². The lowest BCUT2D eigenvalue weighted by Crippen LogP contribution is -2.58. The first kappa shape index (κ1) is 31.0. The predicted octanol–water partition coefficient (Wildman–Crippen LogP) is 1.88. The Kier molecular flexibility index (Phi) is 10.6. The van der Waals surface area contributed by atoms with Gasteiger partial charge in [0.1, 0.15) is 11.0 Å². The molecular weight excluding hydrogens is 581 g/mol. The number of pyridine rings is 1. The lowest BCUT2D eigenvalue weighted by atomic mass is 9.98. The van der Waals surface area contributed by atoms with Crippen molar-refractivity contribution in [2.24, 2.45) is 0 Å². The molecule has 12 nitrogen and oxygen atoms in total. The van der Waals surface area contributed by atoms with Crippen molar-refractivity contribution < 1.29 is 14.6 Å². The van der Waals surface area contributed by atoms with Crippen molar-refractivity contribution in [2.45, 2.75) is 44.8 Å². The Balaban J connectivity index is 1.15. The van der Waals surface area contributed by atoms with E-state index in [0.29, 0.717) is 23.1 Å². The minimum atomic E-state index is -0.506. The maximum atomic E-state index is 12.3. The van der Waals surface area contributed by atoms with Crippen molar-refractivity contribution in [1.29, 1.82) is 0 Å². The Morgan fingerprint density at radius 1 is 1.05 bits per heavy atom. The van der Waals surface area contributed by atoms with Crippen LogP contribution in [0.15, 0.2) is 12.1 Å². The number of ether oxygens (including phenoxy) is 1. The molecule has 5 heterocycles. The zero-order chi connectivity index (χ0) is 29.6. The number of aromatic nitrogens is 3. The Hall–Kier alpha value is -2.48. The number of piperidine rings is 1. The van der Waals surface area contributed by atoms with Gasteiger partial charge in [-0.15, -0.1) is 0 Å². The number of aliphatic hydroxyl groups excluding tert-OH is 1. The molecule has 4 N–H and O–H groups in total. The first-order valence-corrected chi connectivity index (χ1v) is 15.6. The highest BCUT2D eigenvalue weighted by atomic mass is 35.5. The van der Waals surface area contributed by atoms with Gasteiger partial charge in [0.25, 0.3) is 5.91 Å². The minimum Gasteiger partial charge on any atom is -0.395 e. The highest BCUT2D eigenvalue weighted by Crippen LogP contribution is 2.30. The van der Waals surface area contributed by atoms with Crippen molar-refractivity contribution in [2.75, 3.05) is 87.7 Å². The molecule has 2 aromatic rings.